The van der Waals surface area contributed by atoms with Crippen molar-refractivity contribution in [1.29, 1.82) is 0 Å². The SMILES string of the molecule is O=C(COc1cc(C(=O)O)ccc1Br)Nc1ncccn1. The molecule has 0 fully saturated rings. The van der Waals surface area contributed by atoms with Gasteiger partial charge in [-0.15, -0.1) is 0 Å². The molecule has 2 aromatic rings. The van der Waals surface area contributed by atoms with Crippen LogP contribution in [0.15, 0.2) is 41.1 Å². The van der Waals surface area contributed by atoms with Crippen LogP contribution in [0.25, 0.3) is 0 Å². The van der Waals surface area contributed by atoms with Crippen molar-refractivity contribution in [2.75, 3.05) is 11.9 Å². The molecule has 21 heavy (non-hydrogen) atoms. The average Bonchev–Trinajstić information content (AvgIpc) is 2.47. The highest BCUT2D eigenvalue weighted by Crippen LogP contribution is 2.26. The van der Waals surface area contributed by atoms with Crippen molar-refractivity contribution in [1.82, 2.24) is 9.97 Å². The van der Waals surface area contributed by atoms with E-state index in [1.807, 2.05) is 0 Å². The molecule has 0 aliphatic heterocycles. The molecule has 0 radical (unpaired) electrons. The van der Waals surface area contributed by atoms with Crippen molar-refractivity contribution in [3.63, 3.8) is 0 Å². The largest absolute Gasteiger partial charge is 0.483 e. The molecule has 0 saturated carbocycles. The number of ether oxygens (including phenoxy) is 1. The van der Waals surface area contributed by atoms with Gasteiger partial charge in [-0.3, -0.25) is 10.1 Å². The third kappa shape index (κ3) is 4.25. The van der Waals surface area contributed by atoms with E-state index in [2.05, 4.69) is 31.2 Å². The predicted octanol–water partition coefficient (Wildman–Crippen LogP) is 1.95. The molecule has 1 heterocycles. The minimum atomic E-state index is -1.07. The number of rotatable bonds is 5. The Balaban J connectivity index is 1.98. The van der Waals surface area contributed by atoms with Crippen molar-refractivity contribution in [2.45, 2.75) is 0 Å². The lowest BCUT2D eigenvalue weighted by Crippen LogP contribution is -2.21. The lowest BCUT2D eigenvalue weighted by molar-refractivity contribution is -0.118. The summed E-state index contributed by atoms with van der Waals surface area (Å²) >= 11 is 3.22. The number of benzene rings is 1. The molecule has 1 aromatic carbocycles. The number of anilines is 1. The van der Waals surface area contributed by atoms with Crippen LogP contribution in [0.2, 0.25) is 0 Å². The molecule has 8 heteroatoms. The van der Waals surface area contributed by atoms with Crippen LogP contribution in [0.1, 0.15) is 10.4 Å². The number of carboxylic acid groups (broad SMARTS) is 1. The van der Waals surface area contributed by atoms with Gasteiger partial charge in [0, 0.05) is 12.4 Å². The van der Waals surface area contributed by atoms with E-state index in [1.165, 1.54) is 30.6 Å². The maximum atomic E-state index is 11.7. The van der Waals surface area contributed by atoms with Crippen LogP contribution in [0.4, 0.5) is 5.95 Å². The summed E-state index contributed by atoms with van der Waals surface area (Å²) in [6.45, 7) is -0.292. The molecule has 0 saturated heterocycles. The van der Waals surface area contributed by atoms with E-state index < -0.39 is 11.9 Å². The zero-order valence-corrected chi connectivity index (χ0v) is 12.2. The normalized spacial score (nSPS) is 9.95. The Bertz CT molecular complexity index is 664. The first-order chi connectivity index (χ1) is 10.1. The fourth-order valence-electron chi connectivity index (χ4n) is 1.41. The van der Waals surface area contributed by atoms with E-state index >= 15 is 0 Å². The van der Waals surface area contributed by atoms with Gasteiger partial charge >= 0.3 is 5.97 Å². The summed E-state index contributed by atoms with van der Waals surface area (Å²) in [6.07, 6.45) is 2.99. The minimum absolute atomic E-state index is 0.0694. The van der Waals surface area contributed by atoms with Gasteiger partial charge in [0.05, 0.1) is 10.0 Å². The summed E-state index contributed by atoms with van der Waals surface area (Å²) in [6, 6.07) is 5.92. The number of carbonyl (C=O) groups is 2. The van der Waals surface area contributed by atoms with Gasteiger partial charge in [0.25, 0.3) is 5.91 Å². The Morgan fingerprint density at radius 2 is 2.00 bits per heavy atom. The van der Waals surface area contributed by atoms with Crippen molar-refractivity contribution in [2.24, 2.45) is 0 Å². The number of hydrogen-bond donors (Lipinski definition) is 2. The molecule has 2 N–H and O–H groups in total. The molecule has 0 unspecified atom stereocenters. The molecule has 1 aromatic heterocycles. The Morgan fingerprint density at radius 1 is 1.29 bits per heavy atom. The lowest BCUT2D eigenvalue weighted by atomic mass is 10.2. The first-order valence-corrected chi connectivity index (χ1v) is 6.58. The average molecular weight is 352 g/mol. The van der Waals surface area contributed by atoms with E-state index in [0.29, 0.717) is 4.47 Å². The number of halogens is 1. The van der Waals surface area contributed by atoms with Gasteiger partial charge < -0.3 is 9.84 Å². The Labute approximate surface area is 128 Å². The fourth-order valence-corrected chi connectivity index (χ4v) is 1.78. The summed E-state index contributed by atoms with van der Waals surface area (Å²) in [5, 5.41) is 11.4. The zero-order chi connectivity index (χ0) is 15.2. The monoisotopic (exact) mass is 351 g/mol. The quantitative estimate of drug-likeness (QED) is 0.853. The van der Waals surface area contributed by atoms with Crippen LogP contribution in [0.3, 0.4) is 0 Å². The third-order valence-electron chi connectivity index (χ3n) is 2.35. The number of aromatic nitrogens is 2. The molecule has 2 rings (SSSR count). The molecule has 0 bridgehead atoms. The van der Waals surface area contributed by atoms with E-state index in [9.17, 15) is 9.59 Å². The number of carbonyl (C=O) groups excluding carboxylic acids is 1. The summed E-state index contributed by atoms with van der Waals surface area (Å²) < 4.78 is 5.84. The molecular formula is C13H10BrN3O4. The van der Waals surface area contributed by atoms with Gasteiger partial charge in [0.2, 0.25) is 5.95 Å². The second-order valence-corrected chi connectivity index (χ2v) is 4.71. The first kappa shape index (κ1) is 14.9. The van der Waals surface area contributed by atoms with Crippen LogP contribution >= 0.6 is 15.9 Å². The molecule has 0 atom stereocenters. The summed E-state index contributed by atoms with van der Waals surface area (Å²) in [4.78, 5) is 30.2. The van der Waals surface area contributed by atoms with Crippen LogP contribution < -0.4 is 10.1 Å². The predicted molar refractivity (Wildman–Crippen MR) is 77.3 cm³/mol. The van der Waals surface area contributed by atoms with Gasteiger partial charge in [-0.25, -0.2) is 14.8 Å². The zero-order valence-electron chi connectivity index (χ0n) is 10.6. The van der Waals surface area contributed by atoms with Crippen LogP contribution in [-0.4, -0.2) is 33.6 Å². The maximum Gasteiger partial charge on any atom is 0.335 e. The number of hydrogen-bond acceptors (Lipinski definition) is 5. The Hall–Kier alpha value is -2.48. The van der Waals surface area contributed by atoms with Gasteiger partial charge in [0.15, 0.2) is 6.61 Å². The molecule has 0 spiro atoms. The third-order valence-corrected chi connectivity index (χ3v) is 3.01. The highest BCUT2D eigenvalue weighted by molar-refractivity contribution is 9.10. The van der Waals surface area contributed by atoms with Crippen molar-refractivity contribution >= 4 is 33.8 Å². The van der Waals surface area contributed by atoms with Crippen molar-refractivity contribution < 1.29 is 19.4 Å². The molecule has 0 aliphatic rings. The highest BCUT2D eigenvalue weighted by atomic mass is 79.9. The molecule has 108 valence electrons. The second kappa shape index (κ2) is 6.80. The van der Waals surface area contributed by atoms with Gasteiger partial charge in [-0.05, 0) is 40.2 Å². The van der Waals surface area contributed by atoms with Crippen LogP contribution in [-0.2, 0) is 4.79 Å². The summed E-state index contributed by atoms with van der Waals surface area (Å²) in [5.74, 6) is -1.09. The Morgan fingerprint density at radius 3 is 2.67 bits per heavy atom. The fraction of sp³-hybridized carbons (Fsp3) is 0.0769. The second-order valence-electron chi connectivity index (χ2n) is 3.86. The van der Waals surface area contributed by atoms with Crippen molar-refractivity contribution in [3.05, 3.63) is 46.7 Å². The number of nitrogens with one attached hydrogen (secondary N) is 1. The van der Waals surface area contributed by atoms with Gasteiger partial charge in [-0.1, -0.05) is 0 Å². The summed E-state index contributed by atoms with van der Waals surface area (Å²) in [7, 11) is 0. The maximum absolute atomic E-state index is 11.7. The highest BCUT2D eigenvalue weighted by Gasteiger charge is 2.10. The van der Waals surface area contributed by atoms with Gasteiger partial charge in [0.1, 0.15) is 5.75 Å². The molecular weight excluding hydrogens is 342 g/mol. The molecule has 1 amide bonds. The minimum Gasteiger partial charge on any atom is -0.483 e. The van der Waals surface area contributed by atoms with E-state index in [4.69, 9.17) is 9.84 Å². The number of nitrogens with zero attached hydrogens (tertiary/aromatic N) is 2. The lowest BCUT2D eigenvalue weighted by Gasteiger charge is -2.08. The van der Waals surface area contributed by atoms with Crippen LogP contribution in [0, 0.1) is 0 Å². The van der Waals surface area contributed by atoms with Crippen LogP contribution in [0.5, 0.6) is 5.75 Å². The Kier molecular flexibility index (Phi) is 4.83. The molecule has 0 aliphatic carbocycles. The molecule has 7 nitrogen and oxygen atoms in total. The van der Waals surface area contributed by atoms with Gasteiger partial charge in [-0.2, -0.15) is 0 Å². The smallest absolute Gasteiger partial charge is 0.335 e. The summed E-state index contributed by atoms with van der Waals surface area (Å²) in [5.41, 5.74) is 0.0694. The number of carboxylic acids is 1. The van der Waals surface area contributed by atoms with E-state index in [1.54, 1.807) is 6.07 Å². The standard InChI is InChI=1S/C13H10BrN3O4/c14-9-3-2-8(12(19)20)6-10(9)21-7-11(18)17-13-15-4-1-5-16-13/h1-6H,7H2,(H,19,20)(H,15,16,17,18). The topological polar surface area (TPSA) is 101 Å². The number of aromatic carboxylic acids is 1. The van der Waals surface area contributed by atoms with E-state index in [-0.39, 0.29) is 23.9 Å². The van der Waals surface area contributed by atoms with E-state index in [0.717, 1.165) is 0 Å². The number of amides is 1. The van der Waals surface area contributed by atoms with Crippen molar-refractivity contribution in [3.8, 4) is 5.75 Å². The first-order valence-electron chi connectivity index (χ1n) is 5.79.